The minimum atomic E-state index is -1.03. The number of rotatable bonds is 13. The van der Waals surface area contributed by atoms with E-state index in [0.717, 1.165) is 36.2 Å². The molecule has 2 amide bonds. The average Bonchev–Trinajstić information content (AvgIpc) is 3.18. The van der Waals surface area contributed by atoms with E-state index in [1.165, 1.54) is 0 Å². The Hall–Kier alpha value is -2.97. The third-order valence-electron chi connectivity index (χ3n) is 4.38. The van der Waals surface area contributed by atoms with Crippen LogP contribution in [0, 0.1) is 0 Å². The molecule has 0 saturated heterocycles. The van der Waals surface area contributed by atoms with Gasteiger partial charge in [-0.15, -0.1) is 5.10 Å². The van der Waals surface area contributed by atoms with Crippen LogP contribution in [0.5, 0.6) is 0 Å². The zero-order chi connectivity index (χ0) is 20.9. The van der Waals surface area contributed by atoms with Gasteiger partial charge in [-0.2, -0.15) is 0 Å². The molecular formula is C20H28FN5O3. The first-order valence-electron chi connectivity index (χ1n) is 9.88. The molecule has 0 aliphatic carbocycles. The number of nitrogens with one attached hydrogen (secondary N) is 2. The lowest BCUT2D eigenvalue weighted by Crippen LogP contribution is -2.26. The standard InChI is InChI=1S/C20H28FN5O3/c21-12-4-6-17-15-26(25-24-17)18-10-8-16(9-11-18)5-3-7-19(27)22-13-1-2-14-23-20(28)29/h8-11,15,23H,1-7,12-14H2,(H,22,27)(H,28,29). The predicted molar refractivity (Wildman–Crippen MR) is 107 cm³/mol. The topological polar surface area (TPSA) is 109 Å². The summed E-state index contributed by atoms with van der Waals surface area (Å²) in [6.45, 7) is 0.596. The second-order valence-electron chi connectivity index (χ2n) is 6.76. The molecule has 29 heavy (non-hydrogen) atoms. The van der Waals surface area contributed by atoms with Crippen LogP contribution in [0.2, 0.25) is 0 Å². The van der Waals surface area contributed by atoms with E-state index < -0.39 is 6.09 Å². The van der Waals surface area contributed by atoms with Crippen molar-refractivity contribution >= 4 is 12.0 Å². The van der Waals surface area contributed by atoms with E-state index >= 15 is 0 Å². The van der Waals surface area contributed by atoms with Crippen LogP contribution in [0.25, 0.3) is 5.69 Å². The fourth-order valence-corrected chi connectivity index (χ4v) is 2.82. The normalized spacial score (nSPS) is 10.7. The number of carboxylic acid groups (broad SMARTS) is 1. The molecule has 0 saturated carbocycles. The van der Waals surface area contributed by atoms with Gasteiger partial charge >= 0.3 is 6.09 Å². The van der Waals surface area contributed by atoms with E-state index in [-0.39, 0.29) is 12.6 Å². The maximum absolute atomic E-state index is 12.2. The highest BCUT2D eigenvalue weighted by Crippen LogP contribution is 2.12. The summed E-state index contributed by atoms with van der Waals surface area (Å²) in [7, 11) is 0. The van der Waals surface area contributed by atoms with Crippen molar-refractivity contribution in [1.82, 2.24) is 25.6 Å². The van der Waals surface area contributed by atoms with Crippen molar-refractivity contribution in [2.75, 3.05) is 19.8 Å². The maximum Gasteiger partial charge on any atom is 0.404 e. The third kappa shape index (κ3) is 8.71. The molecular weight excluding hydrogens is 377 g/mol. The highest BCUT2D eigenvalue weighted by Gasteiger charge is 2.05. The number of carbonyl (C=O) groups is 2. The van der Waals surface area contributed by atoms with Gasteiger partial charge in [-0.05, 0) is 56.2 Å². The van der Waals surface area contributed by atoms with Crippen LogP contribution in [-0.4, -0.2) is 51.9 Å². The Kier molecular flexibility index (Phi) is 9.61. The minimum Gasteiger partial charge on any atom is -0.465 e. The molecule has 1 heterocycles. The Morgan fingerprint density at radius 2 is 1.72 bits per heavy atom. The fraction of sp³-hybridized carbons (Fsp3) is 0.500. The number of amides is 2. The second-order valence-corrected chi connectivity index (χ2v) is 6.76. The Balaban J connectivity index is 1.64. The summed E-state index contributed by atoms with van der Waals surface area (Å²) in [5.41, 5.74) is 2.80. The maximum atomic E-state index is 12.2. The number of benzene rings is 1. The zero-order valence-electron chi connectivity index (χ0n) is 16.4. The summed E-state index contributed by atoms with van der Waals surface area (Å²) < 4.78 is 13.9. The number of unbranched alkanes of at least 4 members (excludes halogenated alkanes) is 1. The molecule has 9 heteroatoms. The van der Waals surface area contributed by atoms with E-state index in [2.05, 4.69) is 20.9 Å². The number of carbonyl (C=O) groups excluding carboxylic acids is 1. The van der Waals surface area contributed by atoms with Crippen LogP contribution < -0.4 is 10.6 Å². The molecule has 0 bridgehead atoms. The van der Waals surface area contributed by atoms with Gasteiger partial charge in [0, 0.05) is 19.5 Å². The predicted octanol–water partition coefficient (Wildman–Crippen LogP) is 2.66. The summed E-state index contributed by atoms with van der Waals surface area (Å²) >= 11 is 0. The van der Waals surface area contributed by atoms with Gasteiger partial charge in [0.05, 0.1) is 24.3 Å². The first-order valence-corrected chi connectivity index (χ1v) is 9.88. The molecule has 0 unspecified atom stereocenters. The summed E-state index contributed by atoms with van der Waals surface area (Å²) in [6, 6.07) is 7.92. The molecule has 1 aromatic carbocycles. The van der Waals surface area contributed by atoms with Crippen molar-refractivity contribution in [2.24, 2.45) is 0 Å². The number of halogens is 1. The van der Waals surface area contributed by atoms with E-state index in [9.17, 15) is 14.0 Å². The van der Waals surface area contributed by atoms with Crippen LogP contribution in [-0.2, 0) is 17.6 Å². The Bertz CT molecular complexity index is 764. The van der Waals surface area contributed by atoms with Gasteiger partial charge in [-0.25, -0.2) is 9.48 Å². The van der Waals surface area contributed by atoms with Gasteiger partial charge in [-0.1, -0.05) is 17.3 Å². The summed E-state index contributed by atoms with van der Waals surface area (Å²) in [5.74, 6) is 0.0104. The van der Waals surface area contributed by atoms with Gasteiger partial charge in [0.1, 0.15) is 0 Å². The van der Waals surface area contributed by atoms with Crippen LogP contribution >= 0.6 is 0 Å². The highest BCUT2D eigenvalue weighted by atomic mass is 19.1. The zero-order valence-corrected chi connectivity index (χ0v) is 16.4. The molecule has 2 aromatic rings. The monoisotopic (exact) mass is 405 g/mol. The van der Waals surface area contributed by atoms with Crippen molar-refractivity contribution in [3.63, 3.8) is 0 Å². The van der Waals surface area contributed by atoms with E-state index in [1.54, 1.807) is 4.68 Å². The van der Waals surface area contributed by atoms with Crippen LogP contribution in [0.15, 0.2) is 30.5 Å². The molecule has 0 aliphatic heterocycles. The van der Waals surface area contributed by atoms with Gasteiger partial charge in [0.25, 0.3) is 0 Å². The third-order valence-corrected chi connectivity index (χ3v) is 4.38. The van der Waals surface area contributed by atoms with Gasteiger partial charge in [0.2, 0.25) is 5.91 Å². The van der Waals surface area contributed by atoms with Gasteiger partial charge < -0.3 is 15.7 Å². The molecule has 2 rings (SSSR count). The molecule has 0 spiro atoms. The van der Waals surface area contributed by atoms with Crippen LogP contribution in [0.4, 0.5) is 9.18 Å². The number of hydrogen-bond acceptors (Lipinski definition) is 4. The lowest BCUT2D eigenvalue weighted by Gasteiger charge is -2.06. The Morgan fingerprint density at radius 1 is 1.00 bits per heavy atom. The van der Waals surface area contributed by atoms with Crippen molar-refractivity contribution in [1.29, 1.82) is 0 Å². The molecule has 1 aromatic heterocycles. The first kappa shape index (κ1) is 22.3. The highest BCUT2D eigenvalue weighted by molar-refractivity contribution is 5.75. The number of aromatic nitrogens is 3. The largest absolute Gasteiger partial charge is 0.465 e. The Morgan fingerprint density at radius 3 is 2.41 bits per heavy atom. The minimum absolute atomic E-state index is 0.0104. The molecule has 0 atom stereocenters. The van der Waals surface area contributed by atoms with E-state index in [0.29, 0.717) is 38.8 Å². The molecule has 0 radical (unpaired) electrons. The van der Waals surface area contributed by atoms with Crippen molar-refractivity contribution in [3.8, 4) is 5.69 Å². The smallest absolute Gasteiger partial charge is 0.404 e. The lowest BCUT2D eigenvalue weighted by molar-refractivity contribution is -0.121. The number of aryl methyl sites for hydroxylation is 2. The molecule has 158 valence electrons. The number of alkyl halides is 1. The number of hydrogen-bond donors (Lipinski definition) is 3. The molecule has 8 nitrogen and oxygen atoms in total. The summed E-state index contributed by atoms with van der Waals surface area (Å²) in [5, 5.41) is 21.7. The van der Waals surface area contributed by atoms with E-state index in [4.69, 9.17) is 5.11 Å². The Labute approximate surface area is 169 Å². The number of nitrogens with zero attached hydrogens (tertiary/aromatic N) is 3. The SMILES string of the molecule is O=C(O)NCCCCNC(=O)CCCc1ccc(-n2cc(CCCF)nn2)cc1. The average molecular weight is 405 g/mol. The van der Waals surface area contributed by atoms with Crippen LogP contribution in [0.1, 0.15) is 43.4 Å². The fourth-order valence-electron chi connectivity index (χ4n) is 2.82. The molecule has 0 aliphatic rings. The van der Waals surface area contributed by atoms with Gasteiger partial charge in [-0.3, -0.25) is 9.18 Å². The summed E-state index contributed by atoms with van der Waals surface area (Å²) in [6.07, 6.45) is 5.26. The molecule has 0 fully saturated rings. The van der Waals surface area contributed by atoms with Crippen molar-refractivity contribution in [3.05, 3.63) is 41.7 Å². The van der Waals surface area contributed by atoms with E-state index in [1.807, 2.05) is 30.5 Å². The first-order chi connectivity index (χ1) is 14.1. The molecule has 3 N–H and O–H groups in total. The second kappa shape index (κ2) is 12.5. The van der Waals surface area contributed by atoms with Crippen LogP contribution in [0.3, 0.4) is 0 Å². The summed E-state index contributed by atoms with van der Waals surface area (Å²) in [4.78, 5) is 22.1. The quantitative estimate of drug-likeness (QED) is 0.444. The lowest BCUT2D eigenvalue weighted by atomic mass is 10.1. The van der Waals surface area contributed by atoms with Crippen molar-refractivity contribution in [2.45, 2.75) is 44.9 Å². The van der Waals surface area contributed by atoms with Gasteiger partial charge in [0.15, 0.2) is 0 Å². The van der Waals surface area contributed by atoms with Crippen molar-refractivity contribution < 1.29 is 19.1 Å².